The molecule has 0 N–H and O–H groups in total. The van der Waals surface area contributed by atoms with Crippen LogP contribution in [0.3, 0.4) is 0 Å². The zero-order valence-corrected chi connectivity index (χ0v) is 18.7. The van der Waals surface area contributed by atoms with E-state index in [0.717, 1.165) is 60.5 Å². The third-order valence-corrected chi connectivity index (χ3v) is 7.42. The zero-order chi connectivity index (χ0) is 21.8. The smallest absolute Gasteiger partial charge is 0.167 e. The van der Waals surface area contributed by atoms with Crippen LogP contribution in [-0.2, 0) is 10.3 Å². The molecule has 5 nitrogen and oxygen atoms in total. The molecule has 2 fully saturated rings. The number of rotatable bonds is 5. The van der Waals surface area contributed by atoms with Crippen LogP contribution >= 0.6 is 0 Å². The number of aromatic nitrogens is 3. The number of halogens is 1. The predicted molar refractivity (Wildman–Crippen MR) is 117 cm³/mol. The first-order valence-electron chi connectivity index (χ1n) is 11.1. The number of fused-ring (bicyclic) bond motifs is 1. The number of pyridine rings is 1. The van der Waals surface area contributed by atoms with E-state index in [1.807, 2.05) is 24.4 Å². The van der Waals surface area contributed by atoms with Gasteiger partial charge in [0.15, 0.2) is 5.65 Å². The van der Waals surface area contributed by atoms with Crippen molar-refractivity contribution in [3.05, 3.63) is 59.3 Å². The summed E-state index contributed by atoms with van der Waals surface area (Å²) in [6, 6.07) is 8.73. The van der Waals surface area contributed by atoms with Gasteiger partial charge in [-0.3, -0.25) is 4.40 Å². The normalized spacial score (nSPS) is 27.4. The lowest BCUT2D eigenvalue weighted by Crippen LogP contribution is -2.37. The summed E-state index contributed by atoms with van der Waals surface area (Å²) >= 11 is 0. The molecule has 0 aliphatic heterocycles. The quantitative estimate of drug-likeness (QED) is 0.540. The zero-order valence-electron chi connectivity index (χ0n) is 18.7. The van der Waals surface area contributed by atoms with Crippen LogP contribution in [0.4, 0.5) is 4.39 Å². The minimum atomic E-state index is -0.370. The van der Waals surface area contributed by atoms with Gasteiger partial charge in [0, 0.05) is 24.8 Å². The molecule has 2 heterocycles. The van der Waals surface area contributed by atoms with Crippen molar-refractivity contribution < 1.29 is 13.9 Å². The fourth-order valence-corrected chi connectivity index (χ4v) is 5.08. The SMILES string of the molecule is CO[C@]1(c2ccc(F)cc2)CC[C@H](Oc2ccn3c(C4CC4(C)C)nnc3c2C)CC1. The molecule has 1 aromatic carbocycles. The van der Waals surface area contributed by atoms with Crippen molar-refractivity contribution in [1.29, 1.82) is 0 Å². The summed E-state index contributed by atoms with van der Waals surface area (Å²) in [6.45, 7) is 6.61. The molecular formula is C25H30FN3O2. The lowest BCUT2D eigenvalue weighted by molar-refractivity contribution is -0.0650. The van der Waals surface area contributed by atoms with Crippen molar-refractivity contribution in [2.45, 2.75) is 70.5 Å². The van der Waals surface area contributed by atoms with E-state index in [-0.39, 0.29) is 17.5 Å². The highest BCUT2D eigenvalue weighted by atomic mass is 19.1. The van der Waals surface area contributed by atoms with Crippen molar-refractivity contribution in [3.63, 3.8) is 0 Å². The van der Waals surface area contributed by atoms with Gasteiger partial charge in [0.2, 0.25) is 0 Å². The van der Waals surface area contributed by atoms with Crippen LogP contribution < -0.4 is 4.74 Å². The topological polar surface area (TPSA) is 48.7 Å². The van der Waals surface area contributed by atoms with E-state index in [1.54, 1.807) is 7.11 Å². The van der Waals surface area contributed by atoms with E-state index in [2.05, 4.69) is 35.4 Å². The summed E-state index contributed by atoms with van der Waals surface area (Å²) < 4.78 is 27.8. The van der Waals surface area contributed by atoms with Gasteiger partial charge in [0.25, 0.3) is 0 Å². The maximum absolute atomic E-state index is 13.4. The highest BCUT2D eigenvalue weighted by Gasteiger charge is 2.49. The van der Waals surface area contributed by atoms with E-state index in [4.69, 9.17) is 9.47 Å². The first-order chi connectivity index (χ1) is 14.8. The van der Waals surface area contributed by atoms with Crippen LogP contribution in [0.1, 0.15) is 68.8 Å². The van der Waals surface area contributed by atoms with Crippen molar-refractivity contribution in [1.82, 2.24) is 14.6 Å². The monoisotopic (exact) mass is 423 g/mol. The second-order valence-electron chi connectivity index (χ2n) is 9.82. The second-order valence-corrected chi connectivity index (χ2v) is 9.82. The number of benzene rings is 1. The van der Waals surface area contributed by atoms with Gasteiger partial charge in [0.05, 0.1) is 11.7 Å². The van der Waals surface area contributed by atoms with Crippen LogP contribution in [-0.4, -0.2) is 27.8 Å². The molecule has 2 aliphatic rings. The Balaban J connectivity index is 1.31. The number of aryl methyl sites for hydroxylation is 1. The molecule has 2 aromatic heterocycles. The first-order valence-corrected chi connectivity index (χ1v) is 11.1. The van der Waals surface area contributed by atoms with Crippen LogP contribution in [0.25, 0.3) is 5.65 Å². The number of nitrogens with zero attached hydrogens (tertiary/aromatic N) is 3. The second kappa shape index (κ2) is 7.30. The van der Waals surface area contributed by atoms with Gasteiger partial charge in [-0.2, -0.15) is 0 Å². The van der Waals surface area contributed by atoms with Crippen LogP contribution in [0, 0.1) is 18.2 Å². The average molecular weight is 424 g/mol. The van der Waals surface area contributed by atoms with E-state index in [0.29, 0.717) is 11.3 Å². The van der Waals surface area contributed by atoms with Gasteiger partial charge in [0.1, 0.15) is 17.4 Å². The number of hydrogen-bond acceptors (Lipinski definition) is 4. The Bertz CT molecular complexity index is 1100. The molecule has 2 aliphatic carbocycles. The van der Waals surface area contributed by atoms with Crippen molar-refractivity contribution >= 4 is 5.65 Å². The van der Waals surface area contributed by atoms with E-state index < -0.39 is 0 Å². The molecule has 2 saturated carbocycles. The molecule has 31 heavy (non-hydrogen) atoms. The first kappa shape index (κ1) is 20.4. The van der Waals surface area contributed by atoms with E-state index in [1.165, 1.54) is 12.1 Å². The van der Waals surface area contributed by atoms with Gasteiger partial charge >= 0.3 is 0 Å². The maximum atomic E-state index is 13.4. The van der Waals surface area contributed by atoms with Crippen LogP contribution in [0.2, 0.25) is 0 Å². The van der Waals surface area contributed by atoms with Gasteiger partial charge in [-0.25, -0.2) is 4.39 Å². The average Bonchev–Trinajstić information content (AvgIpc) is 3.19. The van der Waals surface area contributed by atoms with Gasteiger partial charge in [-0.1, -0.05) is 26.0 Å². The molecule has 3 aromatic rings. The third kappa shape index (κ3) is 3.51. The molecule has 0 amide bonds. The van der Waals surface area contributed by atoms with Crippen molar-refractivity contribution in [3.8, 4) is 5.75 Å². The summed E-state index contributed by atoms with van der Waals surface area (Å²) in [7, 11) is 1.74. The molecule has 5 rings (SSSR count). The highest BCUT2D eigenvalue weighted by molar-refractivity contribution is 5.54. The molecule has 1 atom stereocenters. The minimum Gasteiger partial charge on any atom is -0.490 e. The summed E-state index contributed by atoms with van der Waals surface area (Å²) in [5.41, 5.74) is 2.88. The van der Waals surface area contributed by atoms with Gasteiger partial charge in [-0.05, 0) is 68.2 Å². The van der Waals surface area contributed by atoms with E-state index in [9.17, 15) is 4.39 Å². The summed E-state index contributed by atoms with van der Waals surface area (Å²) in [6.07, 6.45) is 6.76. The Morgan fingerprint density at radius 3 is 2.35 bits per heavy atom. The summed E-state index contributed by atoms with van der Waals surface area (Å²) in [5, 5.41) is 8.95. The van der Waals surface area contributed by atoms with Gasteiger partial charge in [-0.15, -0.1) is 10.2 Å². The minimum absolute atomic E-state index is 0.120. The van der Waals surface area contributed by atoms with Crippen molar-refractivity contribution in [2.24, 2.45) is 5.41 Å². The van der Waals surface area contributed by atoms with E-state index >= 15 is 0 Å². The Labute approximate surface area is 182 Å². The van der Waals surface area contributed by atoms with Gasteiger partial charge < -0.3 is 9.47 Å². The Morgan fingerprint density at radius 2 is 1.74 bits per heavy atom. The molecule has 0 saturated heterocycles. The van der Waals surface area contributed by atoms with Crippen LogP contribution in [0.5, 0.6) is 5.75 Å². The Hall–Kier alpha value is -2.47. The summed E-state index contributed by atoms with van der Waals surface area (Å²) in [5.74, 6) is 2.18. The van der Waals surface area contributed by atoms with Crippen molar-refractivity contribution in [2.75, 3.05) is 7.11 Å². The lowest BCUT2D eigenvalue weighted by Gasteiger charge is -2.39. The molecule has 0 radical (unpaired) electrons. The largest absolute Gasteiger partial charge is 0.490 e. The maximum Gasteiger partial charge on any atom is 0.167 e. The number of ether oxygens (including phenoxy) is 2. The fraction of sp³-hybridized carbons (Fsp3) is 0.520. The Kier molecular flexibility index (Phi) is 4.81. The summed E-state index contributed by atoms with van der Waals surface area (Å²) in [4.78, 5) is 0. The standard InChI is InChI=1S/C25H30FN3O2/c1-16-21(11-14-29-22(16)27-28-23(29)20-15-24(20,2)3)31-19-9-12-25(30-4,13-10-19)17-5-7-18(26)8-6-17/h5-8,11,14,19-20H,9-10,12-13,15H2,1-4H3/t19-,20?,25+. The number of hydrogen-bond donors (Lipinski definition) is 0. The Morgan fingerprint density at radius 1 is 1.06 bits per heavy atom. The lowest BCUT2D eigenvalue weighted by atomic mass is 9.78. The highest BCUT2D eigenvalue weighted by Crippen LogP contribution is 2.58. The molecule has 0 spiro atoms. The molecular weight excluding hydrogens is 393 g/mol. The number of methoxy groups -OCH3 is 1. The van der Waals surface area contributed by atoms with Crippen LogP contribution in [0.15, 0.2) is 36.5 Å². The molecule has 6 heteroatoms. The predicted octanol–water partition coefficient (Wildman–Crippen LogP) is 5.55. The molecule has 0 bridgehead atoms. The fourth-order valence-electron chi connectivity index (χ4n) is 5.08. The molecule has 1 unspecified atom stereocenters. The third-order valence-electron chi connectivity index (χ3n) is 7.42. The molecule has 164 valence electrons.